The van der Waals surface area contributed by atoms with Gasteiger partial charge in [-0.15, -0.1) is 6.58 Å². The van der Waals surface area contributed by atoms with Gasteiger partial charge in [0.2, 0.25) is 0 Å². The summed E-state index contributed by atoms with van der Waals surface area (Å²) in [6.07, 6.45) is 4.04. The lowest BCUT2D eigenvalue weighted by Gasteiger charge is -2.58. The fourth-order valence-corrected chi connectivity index (χ4v) is 6.04. The van der Waals surface area contributed by atoms with Gasteiger partial charge >= 0.3 is 0 Å². The quantitative estimate of drug-likeness (QED) is 0.455. The number of rotatable bonds is 5. The Morgan fingerprint density at radius 2 is 1.73 bits per heavy atom. The molecule has 1 N–H and O–H groups in total. The molecule has 2 bridgehead atoms. The highest BCUT2D eigenvalue weighted by Crippen LogP contribution is 2.48. The van der Waals surface area contributed by atoms with E-state index in [1.807, 2.05) is 0 Å². The van der Waals surface area contributed by atoms with E-state index in [9.17, 15) is 5.11 Å². The number of piperidine rings is 3. The molecule has 3 aliphatic rings. The van der Waals surface area contributed by atoms with Crippen molar-refractivity contribution >= 4 is 10.8 Å². The molecule has 3 fully saturated rings. The van der Waals surface area contributed by atoms with Crippen molar-refractivity contribution in [3.63, 3.8) is 0 Å². The standard InChI is InChI=1S/C27H30NO.BrH/c1-2-21-19-28(18-20-9-4-3-5-10-20)16-15-23(21)17-26(28)27(29)25-14-8-12-22-11-6-7-13-24(22)25;/h2-14,21,23,26-27,29H,1,15-19H2;1H/q+1;/p-1/t21-,23-,26+,27-,28?;/m0./s1. The highest BCUT2D eigenvalue weighted by atomic mass is 79.9. The van der Waals surface area contributed by atoms with Gasteiger partial charge in [0.05, 0.1) is 13.1 Å². The Labute approximate surface area is 190 Å². The molecule has 156 valence electrons. The second-order valence-electron chi connectivity index (χ2n) is 9.03. The van der Waals surface area contributed by atoms with Crippen LogP contribution in [0.2, 0.25) is 0 Å². The van der Waals surface area contributed by atoms with Crippen LogP contribution < -0.4 is 17.0 Å². The van der Waals surface area contributed by atoms with E-state index in [-0.39, 0.29) is 23.0 Å². The third kappa shape index (κ3) is 3.64. The molecule has 3 saturated heterocycles. The van der Waals surface area contributed by atoms with Crippen molar-refractivity contribution in [1.82, 2.24) is 0 Å². The Morgan fingerprint density at radius 1 is 1.00 bits per heavy atom. The lowest BCUT2D eigenvalue weighted by Crippen LogP contribution is -3.00. The minimum atomic E-state index is -0.446. The van der Waals surface area contributed by atoms with Gasteiger partial charge in [-0.25, -0.2) is 0 Å². The Balaban J connectivity index is 0.00000218. The molecule has 2 nitrogen and oxygen atoms in total. The third-order valence-corrected chi connectivity index (χ3v) is 7.52. The zero-order valence-electron chi connectivity index (χ0n) is 17.3. The van der Waals surface area contributed by atoms with E-state index >= 15 is 0 Å². The predicted octanol–water partition coefficient (Wildman–Crippen LogP) is 2.49. The van der Waals surface area contributed by atoms with Gasteiger partial charge in [0.25, 0.3) is 0 Å². The minimum absolute atomic E-state index is 0. The number of nitrogens with zero attached hydrogens (tertiary/aromatic N) is 1. The first-order chi connectivity index (χ1) is 14.2. The van der Waals surface area contributed by atoms with Crippen LogP contribution in [0.25, 0.3) is 10.8 Å². The Kier molecular flexibility index (Phi) is 6.15. The third-order valence-electron chi connectivity index (χ3n) is 7.52. The number of aliphatic hydroxyl groups excluding tert-OH is 1. The molecule has 6 rings (SSSR count). The molecule has 0 amide bonds. The van der Waals surface area contributed by atoms with Crippen molar-refractivity contribution in [3.05, 3.63) is 96.6 Å². The van der Waals surface area contributed by atoms with Gasteiger partial charge in [0.1, 0.15) is 18.7 Å². The maximum Gasteiger partial charge on any atom is 0.131 e. The fraction of sp³-hybridized carbons (Fsp3) is 0.333. The van der Waals surface area contributed by atoms with Crippen molar-refractivity contribution in [1.29, 1.82) is 0 Å². The Morgan fingerprint density at radius 3 is 2.53 bits per heavy atom. The number of halogens is 1. The van der Waals surface area contributed by atoms with Gasteiger partial charge in [-0.3, -0.25) is 0 Å². The second-order valence-corrected chi connectivity index (χ2v) is 9.03. The first-order valence-corrected chi connectivity index (χ1v) is 10.9. The smallest absolute Gasteiger partial charge is 0.131 e. The topological polar surface area (TPSA) is 20.2 Å². The van der Waals surface area contributed by atoms with Crippen molar-refractivity contribution < 1.29 is 26.6 Å². The molecule has 0 radical (unpaired) electrons. The number of aliphatic hydroxyl groups is 1. The number of fused-ring (bicyclic) bond motifs is 4. The number of hydrogen-bond acceptors (Lipinski definition) is 1. The lowest BCUT2D eigenvalue weighted by molar-refractivity contribution is -0.984. The van der Waals surface area contributed by atoms with Gasteiger partial charge in [-0.2, -0.15) is 0 Å². The number of quaternary nitrogens is 1. The van der Waals surface area contributed by atoms with Gasteiger partial charge < -0.3 is 26.6 Å². The minimum Gasteiger partial charge on any atom is -1.00 e. The highest BCUT2D eigenvalue weighted by Gasteiger charge is 2.53. The second kappa shape index (κ2) is 8.66. The van der Waals surface area contributed by atoms with Gasteiger partial charge in [0.15, 0.2) is 0 Å². The molecule has 5 atom stereocenters. The van der Waals surface area contributed by atoms with E-state index < -0.39 is 6.10 Å². The molecular formula is C27H30BrNO. The van der Waals surface area contributed by atoms with Gasteiger partial charge in [-0.05, 0) is 22.3 Å². The number of benzene rings is 3. The molecule has 0 aromatic heterocycles. The Bertz CT molecular complexity index is 1010. The first kappa shape index (κ1) is 21.3. The van der Waals surface area contributed by atoms with Crippen LogP contribution >= 0.6 is 0 Å². The molecule has 1 unspecified atom stereocenters. The van der Waals surface area contributed by atoms with Crippen LogP contribution in [0, 0.1) is 11.8 Å². The van der Waals surface area contributed by atoms with E-state index in [4.69, 9.17) is 0 Å². The summed E-state index contributed by atoms with van der Waals surface area (Å²) in [5.74, 6) is 1.21. The van der Waals surface area contributed by atoms with Crippen LogP contribution in [0.5, 0.6) is 0 Å². The molecular weight excluding hydrogens is 434 g/mol. The summed E-state index contributed by atoms with van der Waals surface area (Å²) >= 11 is 0. The molecule has 3 heteroatoms. The summed E-state index contributed by atoms with van der Waals surface area (Å²) in [6, 6.07) is 25.8. The Hall–Kier alpha value is -1.94. The molecule has 3 aromatic carbocycles. The summed E-state index contributed by atoms with van der Waals surface area (Å²) in [7, 11) is 0. The fourth-order valence-electron chi connectivity index (χ4n) is 6.04. The largest absolute Gasteiger partial charge is 1.00 e. The molecule has 30 heavy (non-hydrogen) atoms. The molecule has 3 aliphatic heterocycles. The molecule has 0 aliphatic carbocycles. The van der Waals surface area contributed by atoms with Crippen molar-refractivity contribution in [2.45, 2.75) is 31.5 Å². The predicted molar refractivity (Wildman–Crippen MR) is 119 cm³/mol. The van der Waals surface area contributed by atoms with Crippen LogP contribution in [0.15, 0.2) is 85.5 Å². The van der Waals surface area contributed by atoms with Crippen LogP contribution in [0.1, 0.15) is 30.1 Å². The summed E-state index contributed by atoms with van der Waals surface area (Å²) in [5, 5.41) is 14.1. The zero-order chi connectivity index (χ0) is 19.8. The maximum absolute atomic E-state index is 11.7. The summed E-state index contributed by atoms with van der Waals surface area (Å²) in [5.41, 5.74) is 2.45. The van der Waals surface area contributed by atoms with Crippen molar-refractivity contribution in [2.24, 2.45) is 11.8 Å². The molecule has 3 heterocycles. The van der Waals surface area contributed by atoms with Gasteiger partial charge in [-0.1, -0.05) is 78.9 Å². The monoisotopic (exact) mass is 463 g/mol. The zero-order valence-corrected chi connectivity index (χ0v) is 18.9. The summed E-state index contributed by atoms with van der Waals surface area (Å²) in [6.45, 7) is 7.37. The van der Waals surface area contributed by atoms with E-state index in [1.54, 1.807) is 0 Å². The van der Waals surface area contributed by atoms with Crippen molar-refractivity contribution in [2.75, 3.05) is 13.1 Å². The van der Waals surface area contributed by atoms with Crippen LogP contribution in [-0.4, -0.2) is 28.7 Å². The van der Waals surface area contributed by atoms with Crippen molar-refractivity contribution in [3.8, 4) is 0 Å². The highest BCUT2D eigenvalue weighted by molar-refractivity contribution is 5.86. The lowest BCUT2D eigenvalue weighted by atomic mass is 9.71. The molecule has 0 spiro atoms. The molecule has 3 aromatic rings. The average Bonchev–Trinajstić information content (AvgIpc) is 2.78. The molecule has 0 saturated carbocycles. The van der Waals surface area contributed by atoms with E-state index in [0.717, 1.165) is 36.1 Å². The van der Waals surface area contributed by atoms with E-state index in [1.165, 1.54) is 22.8 Å². The van der Waals surface area contributed by atoms with E-state index in [0.29, 0.717) is 11.8 Å². The maximum atomic E-state index is 11.7. The van der Waals surface area contributed by atoms with E-state index in [2.05, 4.69) is 85.5 Å². The SMILES string of the molecule is C=C[C@H]1C[N+]2(Cc3ccccc3)CC[C@H]1C[C@@H]2[C@@H](O)c1cccc2ccccc12.[Br-]. The summed E-state index contributed by atoms with van der Waals surface area (Å²) in [4.78, 5) is 0. The van der Waals surface area contributed by atoms with Crippen LogP contribution in [0.3, 0.4) is 0 Å². The normalized spacial score (nSPS) is 28.6. The average molecular weight is 464 g/mol. The van der Waals surface area contributed by atoms with Crippen LogP contribution in [0.4, 0.5) is 0 Å². The van der Waals surface area contributed by atoms with Crippen LogP contribution in [-0.2, 0) is 6.54 Å². The first-order valence-electron chi connectivity index (χ1n) is 10.9. The van der Waals surface area contributed by atoms with Gasteiger partial charge in [0, 0.05) is 24.3 Å². The number of hydrogen-bond donors (Lipinski definition) is 1. The summed E-state index contributed by atoms with van der Waals surface area (Å²) < 4.78 is 0.974.